The Morgan fingerprint density at radius 1 is 1.62 bits per heavy atom. The van der Waals surface area contributed by atoms with Gasteiger partial charge in [-0.3, -0.25) is 0 Å². The quantitative estimate of drug-likeness (QED) is 0.702. The lowest BCUT2D eigenvalue weighted by Gasteiger charge is -2.25. The van der Waals surface area contributed by atoms with Gasteiger partial charge in [-0.05, 0) is 43.6 Å². The summed E-state index contributed by atoms with van der Waals surface area (Å²) < 4.78 is 0. The Balaban J connectivity index is 2.19. The Hall–Kier alpha value is -0.130. The van der Waals surface area contributed by atoms with E-state index in [1.807, 2.05) is 18.7 Å². The molecule has 1 saturated heterocycles. The van der Waals surface area contributed by atoms with Gasteiger partial charge in [0.15, 0.2) is 0 Å². The van der Waals surface area contributed by atoms with E-state index in [0.717, 1.165) is 18.6 Å². The molecule has 1 heterocycles. The van der Waals surface area contributed by atoms with E-state index >= 15 is 0 Å². The van der Waals surface area contributed by atoms with Crippen LogP contribution in [0.25, 0.3) is 0 Å². The zero-order chi connectivity index (χ0) is 9.52. The van der Waals surface area contributed by atoms with Crippen LogP contribution >= 0.6 is 11.8 Å². The van der Waals surface area contributed by atoms with Crippen molar-refractivity contribution in [3.05, 3.63) is 0 Å². The summed E-state index contributed by atoms with van der Waals surface area (Å²) in [6.07, 6.45) is 4.05. The molecule has 0 aromatic carbocycles. The zero-order valence-corrected chi connectivity index (χ0v) is 9.07. The van der Waals surface area contributed by atoms with Crippen LogP contribution in [-0.4, -0.2) is 22.7 Å². The van der Waals surface area contributed by atoms with Crippen molar-refractivity contribution in [2.24, 2.45) is 5.92 Å². The molecule has 74 valence electrons. The van der Waals surface area contributed by atoms with E-state index < -0.39 is 0 Å². The fraction of sp³-hybridized carbons (Fsp3) is 0.818. The monoisotopic (exact) mass is 198 g/mol. The molecule has 0 radical (unpaired) electrons. The highest BCUT2D eigenvalue weighted by Crippen LogP contribution is 2.26. The van der Waals surface area contributed by atoms with Gasteiger partial charge in [0.05, 0.1) is 6.10 Å². The largest absolute Gasteiger partial charge is 0.393 e. The highest BCUT2D eigenvalue weighted by atomic mass is 32.2. The summed E-state index contributed by atoms with van der Waals surface area (Å²) in [5.41, 5.74) is 0. The molecule has 1 aliphatic rings. The van der Waals surface area contributed by atoms with Crippen LogP contribution in [0.4, 0.5) is 0 Å². The van der Waals surface area contributed by atoms with E-state index in [0.29, 0.717) is 5.92 Å². The van der Waals surface area contributed by atoms with E-state index in [2.05, 4.69) is 11.8 Å². The van der Waals surface area contributed by atoms with Crippen LogP contribution in [-0.2, 0) is 0 Å². The van der Waals surface area contributed by atoms with Crippen molar-refractivity contribution in [2.75, 3.05) is 11.5 Å². The van der Waals surface area contributed by atoms with Gasteiger partial charge in [0, 0.05) is 6.42 Å². The van der Waals surface area contributed by atoms with E-state index in [9.17, 15) is 5.11 Å². The molecule has 1 aliphatic heterocycles. The third kappa shape index (κ3) is 4.06. The minimum absolute atomic E-state index is 0.117. The zero-order valence-electron chi connectivity index (χ0n) is 8.25. The second kappa shape index (κ2) is 6.34. The molecular weight excluding hydrogens is 180 g/mol. The maximum Gasteiger partial charge on any atom is 0.0585 e. The van der Waals surface area contributed by atoms with Crippen molar-refractivity contribution in [1.29, 1.82) is 0 Å². The molecule has 13 heavy (non-hydrogen) atoms. The van der Waals surface area contributed by atoms with Crippen LogP contribution < -0.4 is 0 Å². The first kappa shape index (κ1) is 10.9. The molecule has 2 atom stereocenters. The van der Waals surface area contributed by atoms with Gasteiger partial charge in [-0.1, -0.05) is 0 Å². The minimum Gasteiger partial charge on any atom is -0.393 e. The Kier molecular flexibility index (Phi) is 5.34. The molecule has 1 nitrogen and oxygen atoms in total. The predicted octanol–water partition coefficient (Wildman–Crippen LogP) is 2.29. The van der Waals surface area contributed by atoms with Gasteiger partial charge < -0.3 is 5.11 Å². The SMILES string of the molecule is CC#CCCC(O)C1CCCSC1. The average Bonchev–Trinajstić information content (AvgIpc) is 2.19. The molecule has 0 bridgehead atoms. The molecule has 0 spiro atoms. The Bertz CT molecular complexity index is 186. The molecule has 0 saturated carbocycles. The summed E-state index contributed by atoms with van der Waals surface area (Å²) in [5, 5.41) is 9.82. The number of thioether (sulfide) groups is 1. The molecule has 1 N–H and O–H groups in total. The van der Waals surface area contributed by atoms with Gasteiger partial charge in [0.2, 0.25) is 0 Å². The normalized spacial score (nSPS) is 24.6. The molecule has 1 rings (SSSR count). The third-order valence-electron chi connectivity index (χ3n) is 2.48. The lowest BCUT2D eigenvalue weighted by Crippen LogP contribution is -2.25. The molecule has 0 aromatic rings. The van der Waals surface area contributed by atoms with Gasteiger partial charge in [0.25, 0.3) is 0 Å². The predicted molar refractivity (Wildman–Crippen MR) is 58.7 cm³/mol. The summed E-state index contributed by atoms with van der Waals surface area (Å²) >= 11 is 1.97. The number of aliphatic hydroxyl groups excluding tert-OH is 1. The van der Waals surface area contributed by atoms with Crippen molar-refractivity contribution >= 4 is 11.8 Å². The summed E-state index contributed by atoms with van der Waals surface area (Å²) in [7, 11) is 0. The van der Waals surface area contributed by atoms with E-state index in [-0.39, 0.29) is 6.10 Å². The van der Waals surface area contributed by atoms with E-state index in [1.54, 1.807) is 0 Å². The minimum atomic E-state index is -0.117. The highest BCUT2D eigenvalue weighted by Gasteiger charge is 2.21. The van der Waals surface area contributed by atoms with Gasteiger partial charge in [0.1, 0.15) is 0 Å². The highest BCUT2D eigenvalue weighted by molar-refractivity contribution is 7.99. The lowest BCUT2D eigenvalue weighted by atomic mass is 9.95. The van der Waals surface area contributed by atoms with Gasteiger partial charge in [-0.15, -0.1) is 11.8 Å². The van der Waals surface area contributed by atoms with Crippen LogP contribution in [0.5, 0.6) is 0 Å². The lowest BCUT2D eigenvalue weighted by molar-refractivity contribution is 0.105. The van der Waals surface area contributed by atoms with Crippen LogP contribution in [0.2, 0.25) is 0 Å². The van der Waals surface area contributed by atoms with Crippen molar-refractivity contribution in [3.63, 3.8) is 0 Å². The summed E-state index contributed by atoms with van der Waals surface area (Å²) in [5.74, 6) is 8.80. The van der Waals surface area contributed by atoms with Crippen molar-refractivity contribution < 1.29 is 5.11 Å². The van der Waals surface area contributed by atoms with Gasteiger partial charge in [-0.2, -0.15) is 11.8 Å². The Morgan fingerprint density at radius 2 is 2.46 bits per heavy atom. The van der Waals surface area contributed by atoms with Crippen LogP contribution in [0.1, 0.15) is 32.6 Å². The van der Waals surface area contributed by atoms with E-state index in [4.69, 9.17) is 0 Å². The smallest absolute Gasteiger partial charge is 0.0585 e. The Morgan fingerprint density at radius 3 is 3.08 bits per heavy atom. The number of rotatable bonds is 3. The first-order chi connectivity index (χ1) is 6.34. The number of hydrogen-bond donors (Lipinski definition) is 1. The molecule has 2 heteroatoms. The maximum absolute atomic E-state index is 9.82. The van der Waals surface area contributed by atoms with Crippen molar-refractivity contribution in [2.45, 2.75) is 38.7 Å². The fourth-order valence-electron chi connectivity index (χ4n) is 1.65. The first-order valence-electron chi connectivity index (χ1n) is 5.00. The number of aliphatic hydroxyl groups is 1. The standard InChI is InChI=1S/C11H18OS/c1-2-3-4-7-11(12)10-6-5-8-13-9-10/h10-12H,4-9H2,1H3. The fourth-order valence-corrected chi connectivity index (χ4v) is 2.88. The molecule has 2 unspecified atom stereocenters. The molecule has 0 aromatic heterocycles. The van der Waals surface area contributed by atoms with Crippen LogP contribution in [0.3, 0.4) is 0 Å². The Labute approximate surface area is 85.3 Å². The number of hydrogen-bond acceptors (Lipinski definition) is 2. The topological polar surface area (TPSA) is 20.2 Å². The van der Waals surface area contributed by atoms with E-state index in [1.165, 1.54) is 18.6 Å². The first-order valence-corrected chi connectivity index (χ1v) is 6.15. The van der Waals surface area contributed by atoms with Crippen molar-refractivity contribution in [3.8, 4) is 11.8 Å². The third-order valence-corrected chi connectivity index (χ3v) is 3.72. The second-order valence-corrected chi connectivity index (χ2v) is 4.66. The molecular formula is C11H18OS. The summed E-state index contributed by atoms with van der Waals surface area (Å²) in [4.78, 5) is 0. The van der Waals surface area contributed by atoms with Gasteiger partial charge >= 0.3 is 0 Å². The van der Waals surface area contributed by atoms with Gasteiger partial charge in [-0.25, -0.2) is 0 Å². The maximum atomic E-state index is 9.82. The molecule has 0 aliphatic carbocycles. The van der Waals surface area contributed by atoms with Crippen molar-refractivity contribution in [1.82, 2.24) is 0 Å². The second-order valence-electron chi connectivity index (χ2n) is 3.51. The van der Waals surface area contributed by atoms with Crippen LogP contribution in [0.15, 0.2) is 0 Å². The molecule has 1 fully saturated rings. The molecule has 0 amide bonds. The summed E-state index contributed by atoms with van der Waals surface area (Å²) in [6, 6.07) is 0. The summed E-state index contributed by atoms with van der Waals surface area (Å²) in [6.45, 7) is 1.85. The average molecular weight is 198 g/mol. The van der Waals surface area contributed by atoms with Crippen LogP contribution in [0, 0.1) is 17.8 Å².